The molecular formula is C11H19NO. The summed E-state index contributed by atoms with van der Waals surface area (Å²) in [7, 11) is 0. The van der Waals surface area contributed by atoms with E-state index in [0.29, 0.717) is 5.91 Å². The van der Waals surface area contributed by atoms with E-state index in [1.807, 2.05) is 0 Å². The smallest absolute Gasteiger partial charge is 0.222 e. The fraction of sp³-hybridized carbons (Fsp3) is 0.909. The molecule has 2 heteroatoms. The molecule has 0 aromatic carbocycles. The maximum Gasteiger partial charge on any atom is 0.222 e. The molecule has 1 aliphatic carbocycles. The second-order valence-corrected chi connectivity index (χ2v) is 4.71. The van der Waals surface area contributed by atoms with Gasteiger partial charge >= 0.3 is 0 Å². The van der Waals surface area contributed by atoms with Crippen LogP contribution in [0.4, 0.5) is 0 Å². The highest BCUT2D eigenvalue weighted by Gasteiger charge is 2.28. The monoisotopic (exact) mass is 181 g/mol. The van der Waals surface area contributed by atoms with Crippen molar-refractivity contribution >= 4 is 5.91 Å². The quantitative estimate of drug-likeness (QED) is 0.638. The minimum absolute atomic E-state index is 0.411. The first-order valence-corrected chi connectivity index (χ1v) is 5.53. The first kappa shape index (κ1) is 9.04. The van der Waals surface area contributed by atoms with Crippen LogP contribution < -0.4 is 0 Å². The van der Waals surface area contributed by atoms with Crippen LogP contribution >= 0.6 is 0 Å². The van der Waals surface area contributed by atoms with Crippen molar-refractivity contribution in [2.24, 2.45) is 11.8 Å². The lowest BCUT2D eigenvalue weighted by Gasteiger charge is -2.30. The lowest BCUT2D eigenvalue weighted by molar-refractivity contribution is -0.132. The molecule has 1 heterocycles. The van der Waals surface area contributed by atoms with Crippen LogP contribution in [0.15, 0.2) is 0 Å². The van der Waals surface area contributed by atoms with Gasteiger partial charge in [-0.05, 0) is 37.5 Å². The van der Waals surface area contributed by atoms with Crippen molar-refractivity contribution in [2.45, 2.75) is 39.0 Å². The Labute approximate surface area is 80.3 Å². The standard InChI is InChI=1S/C11H19NO/c1-9-4-6-12(7-5-9)11(13)8-10-2-3-10/h9-10H,2-8H2,1H3. The largest absolute Gasteiger partial charge is 0.343 e. The summed E-state index contributed by atoms with van der Waals surface area (Å²) in [5.41, 5.74) is 0. The number of rotatable bonds is 2. The van der Waals surface area contributed by atoms with Crippen molar-refractivity contribution in [3.05, 3.63) is 0 Å². The van der Waals surface area contributed by atoms with Gasteiger partial charge in [-0.25, -0.2) is 0 Å². The van der Waals surface area contributed by atoms with E-state index in [4.69, 9.17) is 0 Å². The maximum absolute atomic E-state index is 11.7. The van der Waals surface area contributed by atoms with Gasteiger partial charge in [0, 0.05) is 19.5 Å². The van der Waals surface area contributed by atoms with Crippen LogP contribution in [0.5, 0.6) is 0 Å². The predicted octanol–water partition coefficient (Wildman–Crippen LogP) is 2.04. The van der Waals surface area contributed by atoms with Gasteiger partial charge in [-0.1, -0.05) is 6.92 Å². The zero-order chi connectivity index (χ0) is 9.26. The van der Waals surface area contributed by atoms with Crippen molar-refractivity contribution in [1.82, 2.24) is 4.90 Å². The number of piperidine rings is 1. The highest BCUT2D eigenvalue weighted by atomic mass is 16.2. The average molecular weight is 181 g/mol. The Balaban J connectivity index is 1.75. The van der Waals surface area contributed by atoms with E-state index in [-0.39, 0.29) is 0 Å². The highest BCUT2D eigenvalue weighted by molar-refractivity contribution is 5.76. The molecule has 74 valence electrons. The first-order chi connectivity index (χ1) is 6.25. The molecule has 0 aromatic heterocycles. The number of hydrogen-bond acceptors (Lipinski definition) is 1. The summed E-state index contributed by atoms with van der Waals surface area (Å²) < 4.78 is 0. The van der Waals surface area contributed by atoms with Gasteiger partial charge < -0.3 is 4.90 Å². The molecule has 0 unspecified atom stereocenters. The fourth-order valence-corrected chi connectivity index (χ4v) is 1.96. The van der Waals surface area contributed by atoms with Crippen LogP contribution in [0.25, 0.3) is 0 Å². The molecule has 0 bridgehead atoms. The van der Waals surface area contributed by atoms with Gasteiger partial charge in [0.25, 0.3) is 0 Å². The minimum atomic E-state index is 0.411. The molecule has 1 saturated heterocycles. The summed E-state index contributed by atoms with van der Waals surface area (Å²) in [5, 5.41) is 0. The van der Waals surface area contributed by atoms with Crippen LogP contribution in [0.2, 0.25) is 0 Å². The number of likely N-dealkylation sites (tertiary alicyclic amines) is 1. The fourth-order valence-electron chi connectivity index (χ4n) is 1.96. The van der Waals surface area contributed by atoms with E-state index >= 15 is 0 Å². The van der Waals surface area contributed by atoms with Gasteiger partial charge in [0.05, 0.1) is 0 Å². The molecule has 0 aromatic rings. The SMILES string of the molecule is CC1CCN(C(=O)CC2CC2)CC1. The molecule has 0 spiro atoms. The number of hydrogen-bond donors (Lipinski definition) is 0. The lowest BCUT2D eigenvalue weighted by Crippen LogP contribution is -2.37. The molecule has 1 saturated carbocycles. The molecule has 2 rings (SSSR count). The maximum atomic E-state index is 11.7. The molecule has 2 nitrogen and oxygen atoms in total. The summed E-state index contributed by atoms with van der Waals surface area (Å²) >= 11 is 0. The molecule has 2 fully saturated rings. The molecule has 0 atom stereocenters. The second-order valence-electron chi connectivity index (χ2n) is 4.71. The number of carbonyl (C=O) groups is 1. The highest BCUT2D eigenvalue weighted by Crippen LogP contribution is 2.33. The third-order valence-electron chi connectivity index (χ3n) is 3.30. The van der Waals surface area contributed by atoms with Crippen LogP contribution in [-0.2, 0) is 4.79 Å². The number of carbonyl (C=O) groups excluding carboxylic acids is 1. The Morgan fingerprint density at radius 3 is 2.38 bits per heavy atom. The van der Waals surface area contributed by atoms with Crippen molar-refractivity contribution in [2.75, 3.05) is 13.1 Å². The molecule has 2 aliphatic rings. The summed E-state index contributed by atoms with van der Waals surface area (Å²) in [5.74, 6) is 1.98. The van der Waals surface area contributed by atoms with Crippen LogP contribution in [-0.4, -0.2) is 23.9 Å². The van der Waals surface area contributed by atoms with Gasteiger partial charge in [-0.15, -0.1) is 0 Å². The second kappa shape index (κ2) is 3.69. The Bertz CT molecular complexity index is 190. The van der Waals surface area contributed by atoms with Gasteiger partial charge in [-0.2, -0.15) is 0 Å². The topological polar surface area (TPSA) is 20.3 Å². The van der Waals surface area contributed by atoms with Crippen molar-refractivity contribution < 1.29 is 4.79 Å². The minimum Gasteiger partial charge on any atom is -0.343 e. The van der Waals surface area contributed by atoms with E-state index in [1.165, 1.54) is 25.7 Å². The molecule has 1 amide bonds. The Morgan fingerprint density at radius 2 is 1.85 bits per heavy atom. The molecule has 0 N–H and O–H groups in total. The summed E-state index contributed by atoms with van der Waals surface area (Å²) in [6.07, 6.45) is 5.81. The Hall–Kier alpha value is -0.530. The van der Waals surface area contributed by atoms with E-state index < -0.39 is 0 Å². The Morgan fingerprint density at radius 1 is 1.23 bits per heavy atom. The van der Waals surface area contributed by atoms with Crippen LogP contribution in [0.1, 0.15) is 39.0 Å². The zero-order valence-corrected chi connectivity index (χ0v) is 8.46. The van der Waals surface area contributed by atoms with Crippen molar-refractivity contribution in [3.8, 4) is 0 Å². The van der Waals surface area contributed by atoms with Crippen molar-refractivity contribution in [1.29, 1.82) is 0 Å². The van der Waals surface area contributed by atoms with Crippen molar-refractivity contribution in [3.63, 3.8) is 0 Å². The van der Waals surface area contributed by atoms with E-state index in [2.05, 4.69) is 11.8 Å². The van der Waals surface area contributed by atoms with Gasteiger partial charge in [0.2, 0.25) is 5.91 Å². The first-order valence-electron chi connectivity index (χ1n) is 5.53. The van der Waals surface area contributed by atoms with E-state index in [1.54, 1.807) is 0 Å². The van der Waals surface area contributed by atoms with Crippen LogP contribution in [0, 0.1) is 11.8 Å². The zero-order valence-electron chi connectivity index (χ0n) is 8.46. The van der Waals surface area contributed by atoms with Gasteiger partial charge in [0.15, 0.2) is 0 Å². The van der Waals surface area contributed by atoms with E-state index in [9.17, 15) is 4.79 Å². The van der Waals surface area contributed by atoms with Gasteiger partial charge in [-0.3, -0.25) is 4.79 Å². The third-order valence-corrected chi connectivity index (χ3v) is 3.30. The summed E-state index contributed by atoms with van der Waals surface area (Å²) in [4.78, 5) is 13.7. The average Bonchev–Trinajstić information content (AvgIpc) is 2.89. The number of nitrogens with zero attached hydrogens (tertiary/aromatic N) is 1. The predicted molar refractivity (Wildman–Crippen MR) is 52.3 cm³/mol. The molecular weight excluding hydrogens is 162 g/mol. The summed E-state index contributed by atoms with van der Waals surface area (Å²) in [6, 6.07) is 0. The lowest BCUT2D eigenvalue weighted by atomic mass is 9.99. The summed E-state index contributed by atoms with van der Waals surface area (Å²) in [6.45, 7) is 4.29. The molecule has 13 heavy (non-hydrogen) atoms. The van der Waals surface area contributed by atoms with Crippen LogP contribution in [0.3, 0.4) is 0 Å². The van der Waals surface area contributed by atoms with E-state index in [0.717, 1.165) is 31.3 Å². The normalized spacial score (nSPS) is 24.8. The molecule has 1 aliphatic heterocycles. The van der Waals surface area contributed by atoms with Gasteiger partial charge in [0.1, 0.15) is 0 Å². The molecule has 0 radical (unpaired) electrons. The Kier molecular flexibility index (Phi) is 2.56. The third kappa shape index (κ3) is 2.45. The number of amides is 1.